The molecule has 2 amide bonds. The zero-order valence-electron chi connectivity index (χ0n) is 15.2. The first-order valence-electron chi connectivity index (χ1n) is 8.44. The first-order valence-corrected chi connectivity index (χ1v) is 8.44. The van der Waals surface area contributed by atoms with Crippen molar-refractivity contribution in [3.8, 4) is 5.75 Å². The van der Waals surface area contributed by atoms with Crippen molar-refractivity contribution in [1.82, 2.24) is 5.32 Å². The molecule has 1 saturated heterocycles. The van der Waals surface area contributed by atoms with Crippen LogP contribution in [0.1, 0.15) is 10.4 Å². The van der Waals surface area contributed by atoms with E-state index in [0.29, 0.717) is 36.9 Å². The van der Waals surface area contributed by atoms with Gasteiger partial charge in [0, 0.05) is 17.8 Å². The Morgan fingerprint density at radius 2 is 2.04 bits per heavy atom. The van der Waals surface area contributed by atoms with Crippen LogP contribution in [0.5, 0.6) is 5.75 Å². The molecule has 1 aliphatic heterocycles. The molecule has 3 rings (SSSR count). The third kappa shape index (κ3) is 5.41. The summed E-state index contributed by atoms with van der Waals surface area (Å²) >= 11 is 0. The number of methoxy groups -OCH3 is 1. The minimum atomic E-state index is -0.502. The lowest BCUT2D eigenvalue weighted by Gasteiger charge is -2.23. The average Bonchev–Trinajstić information content (AvgIpc) is 2.69. The Hall–Kier alpha value is -2.68. The van der Waals surface area contributed by atoms with Gasteiger partial charge in [-0.3, -0.25) is 9.59 Å². The van der Waals surface area contributed by atoms with Gasteiger partial charge in [-0.15, -0.1) is 12.4 Å². The van der Waals surface area contributed by atoms with Crippen LogP contribution in [-0.4, -0.2) is 44.7 Å². The van der Waals surface area contributed by atoms with E-state index in [-0.39, 0.29) is 23.9 Å². The Morgan fingerprint density at radius 3 is 2.71 bits per heavy atom. The van der Waals surface area contributed by atoms with Gasteiger partial charge in [-0.1, -0.05) is 6.07 Å². The van der Waals surface area contributed by atoms with E-state index in [1.807, 2.05) is 0 Å². The summed E-state index contributed by atoms with van der Waals surface area (Å²) in [5, 5.41) is 8.52. The summed E-state index contributed by atoms with van der Waals surface area (Å²) in [5.74, 6) is -0.810. The van der Waals surface area contributed by atoms with E-state index in [0.717, 1.165) is 6.07 Å². The number of halogens is 2. The number of rotatable bonds is 5. The fourth-order valence-corrected chi connectivity index (χ4v) is 2.67. The quantitative estimate of drug-likeness (QED) is 0.706. The van der Waals surface area contributed by atoms with Crippen molar-refractivity contribution in [2.24, 2.45) is 0 Å². The molecular weight excluding hydrogens is 389 g/mol. The lowest BCUT2D eigenvalue weighted by Crippen LogP contribution is -2.48. The maximum absolute atomic E-state index is 13.3. The van der Waals surface area contributed by atoms with Crippen molar-refractivity contribution in [2.75, 3.05) is 37.5 Å². The second kappa shape index (κ2) is 10.0. The molecule has 1 fully saturated rings. The highest BCUT2D eigenvalue weighted by Crippen LogP contribution is 2.28. The Labute approximate surface area is 168 Å². The Balaban J connectivity index is 0.00000280. The minimum Gasteiger partial charge on any atom is -0.495 e. The van der Waals surface area contributed by atoms with E-state index in [1.165, 1.54) is 25.3 Å². The molecule has 1 unspecified atom stereocenters. The van der Waals surface area contributed by atoms with E-state index in [4.69, 9.17) is 9.47 Å². The lowest BCUT2D eigenvalue weighted by atomic mass is 10.2. The van der Waals surface area contributed by atoms with Gasteiger partial charge in [-0.2, -0.15) is 0 Å². The van der Waals surface area contributed by atoms with Gasteiger partial charge < -0.3 is 25.4 Å². The number of amides is 2. The summed E-state index contributed by atoms with van der Waals surface area (Å²) in [4.78, 5) is 24.7. The third-order valence-corrected chi connectivity index (χ3v) is 4.04. The van der Waals surface area contributed by atoms with Crippen LogP contribution in [-0.2, 0) is 9.53 Å². The van der Waals surface area contributed by atoms with E-state index in [2.05, 4.69) is 16.0 Å². The van der Waals surface area contributed by atoms with Gasteiger partial charge in [-0.05, 0) is 36.4 Å². The Kier molecular flexibility index (Phi) is 7.74. The van der Waals surface area contributed by atoms with E-state index in [1.54, 1.807) is 18.2 Å². The molecule has 1 heterocycles. The Morgan fingerprint density at radius 1 is 1.21 bits per heavy atom. The number of carbonyl (C=O) groups excluding carboxylic acids is 2. The third-order valence-electron chi connectivity index (χ3n) is 4.04. The Bertz CT molecular complexity index is 844. The normalized spacial score (nSPS) is 15.9. The summed E-state index contributed by atoms with van der Waals surface area (Å²) in [7, 11) is 1.47. The number of anilines is 2. The fraction of sp³-hybridized carbons (Fsp3) is 0.263. The van der Waals surface area contributed by atoms with Gasteiger partial charge in [-0.25, -0.2) is 4.39 Å². The lowest BCUT2D eigenvalue weighted by molar-refractivity contribution is -0.120. The van der Waals surface area contributed by atoms with Crippen LogP contribution in [0.25, 0.3) is 0 Å². The molecule has 0 saturated carbocycles. The molecule has 150 valence electrons. The second-order valence-corrected chi connectivity index (χ2v) is 5.95. The molecule has 0 spiro atoms. The molecule has 7 nitrogen and oxygen atoms in total. The molecule has 28 heavy (non-hydrogen) atoms. The highest BCUT2D eigenvalue weighted by atomic mass is 35.5. The van der Waals surface area contributed by atoms with Crippen molar-refractivity contribution >= 4 is 35.6 Å². The molecule has 1 atom stereocenters. The number of morpholine rings is 1. The number of hydrogen-bond acceptors (Lipinski definition) is 5. The van der Waals surface area contributed by atoms with Crippen molar-refractivity contribution < 1.29 is 23.5 Å². The summed E-state index contributed by atoms with van der Waals surface area (Å²) < 4.78 is 23.9. The maximum Gasteiger partial charge on any atom is 0.255 e. The fourth-order valence-electron chi connectivity index (χ4n) is 2.67. The molecule has 1 aliphatic rings. The second-order valence-electron chi connectivity index (χ2n) is 5.95. The van der Waals surface area contributed by atoms with Crippen LogP contribution in [0.3, 0.4) is 0 Å². The van der Waals surface area contributed by atoms with E-state index in [9.17, 15) is 14.0 Å². The van der Waals surface area contributed by atoms with Crippen LogP contribution in [0.15, 0.2) is 42.5 Å². The topological polar surface area (TPSA) is 88.7 Å². The molecule has 9 heteroatoms. The largest absolute Gasteiger partial charge is 0.495 e. The number of ether oxygens (including phenoxy) is 2. The van der Waals surface area contributed by atoms with Crippen molar-refractivity contribution in [2.45, 2.75) is 6.04 Å². The van der Waals surface area contributed by atoms with Gasteiger partial charge in [0.15, 0.2) is 0 Å². The first kappa shape index (κ1) is 21.6. The van der Waals surface area contributed by atoms with Crippen LogP contribution in [0.2, 0.25) is 0 Å². The predicted octanol–water partition coefficient (Wildman–Crippen LogP) is 2.44. The maximum atomic E-state index is 13.3. The number of hydrogen-bond donors (Lipinski definition) is 3. The standard InChI is InChI=1S/C19H20FN3O4.ClH/c1-26-17-6-5-14(22-19(25)16-11-27-8-7-21-16)10-15(17)23-18(24)12-3-2-4-13(20)9-12;/h2-6,9-10,16,21H,7-8,11H2,1H3,(H,22,25)(H,23,24);1H. The van der Waals surface area contributed by atoms with Crippen molar-refractivity contribution in [3.63, 3.8) is 0 Å². The van der Waals surface area contributed by atoms with Gasteiger partial charge in [0.2, 0.25) is 5.91 Å². The van der Waals surface area contributed by atoms with Crippen LogP contribution >= 0.6 is 12.4 Å². The number of carbonyl (C=O) groups is 2. The molecule has 0 bridgehead atoms. The molecule has 3 N–H and O–H groups in total. The molecule has 0 radical (unpaired) electrons. The summed E-state index contributed by atoms with van der Waals surface area (Å²) in [6.07, 6.45) is 0. The zero-order valence-corrected chi connectivity index (χ0v) is 16.0. The highest BCUT2D eigenvalue weighted by Gasteiger charge is 2.21. The summed E-state index contributed by atoms with van der Waals surface area (Å²) in [6, 6.07) is 9.80. The van der Waals surface area contributed by atoms with Gasteiger partial charge in [0.05, 0.1) is 26.0 Å². The first-order chi connectivity index (χ1) is 13.1. The number of benzene rings is 2. The van der Waals surface area contributed by atoms with Crippen molar-refractivity contribution in [3.05, 3.63) is 53.8 Å². The van der Waals surface area contributed by atoms with Gasteiger partial charge in [0.1, 0.15) is 17.6 Å². The monoisotopic (exact) mass is 409 g/mol. The molecule has 2 aromatic rings. The smallest absolute Gasteiger partial charge is 0.255 e. The molecule has 0 aromatic heterocycles. The van der Waals surface area contributed by atoms with Gasteiger partial charge in [0.25, 0.3) is 5.91 Å². The predicted molar refractivity (Wildman–Crippen MR) is 106 cm³/mol. The van der Waals surface area contributed by atoms with Crippen molar-refractivity contribution in [1.29, 1.82) is 0 Å². The SMILES string of the molecule is COc1ccc(NC(=O)C2COCCN2)cc1NC(=O)c1cccc(F)c1.Cl. The van der Waals surface area contributed by atoms with E-state index < -0.39 is 17.8 Å². The summed E-state index contributed by atoms with van der Waals surface area (Å²) in [6.45, 7) is 1.48. The van der Waals surface area contributed by atoms with Crippen LogP contribution in [0, 0.1) is 5.82 Å². The molecule has 2 aromatic carbocycles. The number of nitrogens with one attached hydrogen (secondary N) is 3. The zero-order chi connectivity index (χ0) is 19.2. The average molecular weight is 410 g/mol. The van der Waals surface area contributed by atoms with Gasteiger partial charge >= 0.3 is 0 Å². The summed E-state index contributed by atoms with van der Waals surface area (Å²) in [5.41, 5.74) is 1.02. The molecule has 0 aliphatic carbocycles. The highest BCUT2D eigenvalue weighted by molar-refractivity contribution is 6.05. The van der Waals surface area contributed by atoms with Crippen LogP contribution in [0.4, 0.5) is 15.8 Å². The molecular formula is C19H21ClFN3O4. The minimum absolute atomic E-state index is 0. The van der Waals surface area contributed by atoms with E-state index >= 15 is 0 Å². The van der Waals surface area contributed by atoms with Crippen LogP contribution < -0.4 is 20.7 Å².